The molecule has 10 nitrogen and oxygen atoms in total. The first kappa shape index (κ1) is 24.7. The van der Waals surface area contributed by atoms with Crippen LogP contribution in [0, 0.1) is 12.3 Å². The number of carbonyl (C=O) groups is 2. The fourth-order valence-electron chi connectivity index (χ4n) is 6.45. The number of amides is 1. The van der Waals surface area contributed by atoms with Crippen LogP contribution in [0.4, 0.5) is 11.8 Å². The molecule has 1 saturated carbocycles. The Kier molecular flexibility index (Phi) is 6.22. The number of nitrogens with zero attached hydrogens (tertiary/aromatic N) is 5. The van der Waals surface area contributed by atoms with Crippen LogP contribution in [-0.2, 0) is 0 Å². The molecule has 2 N–H and O–H groups in total. The molecule has 10 heteroatoms. The second-order valence-corrected chi connectivity index (χ2v) is 11.1. The molecule has 198 valence electrons. The lowest BCUT2D eigenvalue weighted by Crippen LogP contribution is -2.33. The van der Waals surface area contributed by atoms with Crippen molar-refractivity contribution in [2.24, 2.45) is 5.41 Å². The van der Waals surface area contributed by atoms with E-state index >= 15 is 0 Å². The van der Waals surface area contributed by atoms with E-state index in [0.29, 0.717) is 33.9 Å². The highest BCUT2D eigenvalue weighted by molar-refractivity contribution is 5.99. The molecule has 0 radical (unpaired) electrons. The summed E-state index contributed by atoms with van der Waals surface area (Å²) >= 11 is 0. The molecule has 1 spiro atoms. The molecule has 5 heterocycles. The van der Waals surface area contributed by atoms with Gasteiger partial charge < -0.3 is 15.5 Å². The number of nitrogens with one attached hydrogen (secondary N) is 2. The summed E-state index contributed by atoms with van der Waals surface area (Å²) in [5.74, 6) is 0.573. The van der Waals surface area contributed by atoms with Crippen LogP contribution in [0.5, 0.6) is 0 Å². The summed E-state index contributed by atoms with van der Waals surface area (Å²) in [5.41, 5.74) is 1.84. The van der Waals surface area contributed by atoms with Crippen LogP contribution in [0.1, 0.15) is 77.8 Å². The average molecular weight is 516 g/mol. The second kappa shape index (κ2) is 9.58. The summed E-state index contributed by atoms with van der Waals surface area (Å²) in [6, 6.07) is 3.53. The molecule has 2 saturated heterocycles. The van der Waals surface area contributed by atoms with Gasteiger partial charge in [-0.2, -0.15) is 4.98 Å². The summed E-state index contributed by atoms with van der Waals surface area (Å²) < 4.78 is 1.69. The molecule has 1 amide bonds. The molecular weight excluding hydrogens is 482 g/mol. The first-order valence-corrected chi connectivity index (χ1v) is 13.5. The Morgan fingerprint density at radius 1 is 1.13 bits per heavy atom. The molecule has 1 unspecified atom stereocenters. The minimum atomic E-state index is -0.280. The molecule has 3 aliphatic rings. The van der Waals surface area contributed by atoms with E-state index < -0.39 is 0 Å². The highest BCUT2D eigenvalue weighted by atomic mass is 16.2. The van der Waals surface area contributed by atoms with Gasteiger partial charge >= 0.3 is 0 Å². The quantitative estimate of drug-likeness (QED) is 0.496. The van der Waals surface area contributed by atoms with Crippen molar-refractivity contribution in [3.63, 3.8) is 0 Å². The number of rotatable bonds is 5. The largest absolute Gasteiger partial charge is 0.338 e. The number of likely N-dealkylation sites (tertiary alicyclic amines) is 1. The Balaban J connectivity index is 1.26. The molecule has 38 heavy (non-hydrogen) atoms. The molecule has 1 atom stereocenters. The summed E-state index contributed by atoms with van der Waals surface area (Å²) in [5, 5.41) is 7.24. The summed E-state index contributed by atoms with van der Waals surface area (Å²) in [6.07, 6.45) is 9.26. The van der Waals surface area contributed by atoms with Crippen molar-refractivity contribution >= 4 is 34.5 Å². The Morgan fingerprint density at radius 3 is 2.63 bits per heavy atom. The van der Waals surface area contributed by atoms with Crippen LogP contribution in [0.2, 0.25) is 0 Å². The molecular formula is C28H33N7O3. The fraction of sp³-hybridized carbons (Fsp3) is 0.500. The topological polar surface area (TPSA) is 122 Å². The van der Waals surface area contributed by atoms with E-state index in [2.05, 4.69) is 20.6 Å². The van der Waals surface area contributed by atoms with Crippen molar-refractivity contribution in [2.75, 3.05) is 31.5 Å². The standard InChI is InChI=1S/C28H33N7O3/c1-17-21-14-31-27(33-24(21)35(20-5-3-4-6-20)26(38)23(17)18(2)36)32-22-8-7-19(13-30-22)25(37)34-12-10-28(16-34)9-11-29-15-28/h7-8,13-14,20,29H,3-6,9-12,15-16H2,1-2H3,(H,30,31,32,33). The van der Waals surface area contributed by atoms with Crippen molar-refractivity contribution in [2.45, 2.75) is 58.4 Å². The lowest BCUT2D eigenvalue weighted by atomic mass is 9.86. The Morgan fingerprint density at radius 2 is 1.95 bits per heavy atom. The number of pyridine rings is 2. The molecule has 0 aromatic carbocycles. The summed E-state index contributed by atoms with van der Waals surface area (Å²) in [7, 11) is 0. The molecule has 3 fully saturated rings. The molecule has 6 rings (SSSR count). The first-order valence-electron chi connectivity index (χ1n) is 13.5. The number of fused-ring (bicyclic) bond motifs is 1. The van der Waals surface area contributed by atoms with Crippen molar-refractivity contribution in [1.29, 1.82) is 0 Å². The number of aromatic nitrogens is 4. The van der Waals surface area contributed by atoms with E-state index in [-0.39, 0.29) is 34.3 Å². The molecule has 1 aliphatic carbocycles. The van der Waals surface area contributed by atoms with Gasteiger partial charge in [-0.25, -0.2) is 9.97 Å². The molecule has 3 aromatic heterocycles. The maximum absolute atomic E-state index is 13.4. The molecule has 2 aliphatic heterocycles. The SMILES string of the molecule is CC(=O)c1c(C)c2cnc(Nc3ccc(C(=O)N4CCC5(CCNC5)C4)cn3)nc2n(C2CCCC2)c1=O. The smallest absolute Gasteiger partial charge is 0.263 e. The van der Waals surface area contributed by atoms with Gasteiger partial charge in [0.15, 0.2) is 5.78 Å². The van der Waals surface area contributed by atoms with Gasteiger partial charge in [-0.1, -0.05) is 12.8 Å². The van der Waals surface area contributed by atoms with E-state index in [9.17, 15) is 14.4 Å². The normalized spacial score (nSPS) is 21.6. The van der Waals surface area contributed by atoms with E-state index in [1.165, 1.54) is 6.92 Å². The monoisotopic (exact) mass is 515 g/mol. The van der Waals surface area contributed by atoms with Crippen molar-refractivity contribution in [3.8, 4) is 0 Å². The zero-order valence-corrected chi connectivity index (χ0v) is 21.9. The van der Waals surface area contributed by atoms with Gasteiger partial charge in [0.25, 0.3) is 11.5 Å². The number of ketones is 1. The van der Waals surface area contributed by atoms with E-state index in [0.717, 1.165) is 64.7 Å². The Bertz CT molecular complexity index is 1470. The van der Waals surface area contributed by atoms with Crippen LogP contribution in [0.15, 0.2) is 29.3 Å². The van der Waals surface area contributed by atoms with Gasteiger partial charge in [-0.3, -0.25) is 19.0 Å². The maximum Gasteiger partial charge on any atom is 0.263 e. The third-order valence-corrected chi connectivity index (χ3v) is 8.56. The van der Waals surface area contributed by atoms with E-state index in [1.54, 1.807) is 36.0 Å². The number of aryl methyl sites for hydroxylation is 1. The van der Waals surface area contributed by atoms with Gasteiger partial charge in [0.05, 0.1) is 11.1 Å². The predicted molar refractivity (Wildman–Crippen MR) is 144 cm³/mol. The average Bonchev–Trinajstić information content (AvgIpc) is 3.68. The van der Waals surface area contributed by atoms with Crippen LogP contribution in [0.25, 0.3) is 11.0 Å². The summed E-state index contributed by atoms with van der Waals surface area (Å²) in [6.45, 7) is 6.77. The first-order chi connectivity index (χ1) is 18.3. The second-order valence-electron chi connectivity index (χ2n) is 11.1. The third kappa shape index (κ3) is 4.26. The number of carbonyl (C=O) groups excluding carboxylic acids is 2. The number of Topliss-reactive ketones (excluding diaryl/α,β-unsaturated/α-hetero) is 1. The minimum absolute atomic E-state index is 0.00658. The third-order valence-electron chi connectivity index (χ3n) is 8.56. The zero-order valence-electron chi connectivity index (χ0n) is 21.9. The highest BCUT2D eigenvalue weighted by Gasteiger charge is 2.42. The van der Waals surface area contributed by atoms with E-state index in [1.807, 2.05) is 4.90 Å². The molecule has 0 bridgehead atoms. The van der Waals surface area contributed by atoms with Crippen molar-refractivity contribution in [3.05, 3.63) is 51.6 Å². The Labute approximate surface area is 220 Å². The van der Waals surface area contributed by atoms with Crippen LogP contribution in [0.3, 0.4) is 0 Å². The van der Waals surface area contributed by atoms with Gasteiger partial charge in [-0.05, 0) is 63.8 Å². The summed E-state index contributed by atoms with van der Waals surface area (Å²) in [4.78, 5) is 54.3. The van der Waals surface area contributed by atoms with Crippen LogP contribution >= 0.6 is 0 Å². The fourth-order valence-corrected chi connectivity index (χ4v) is 6.45. The van der Waals surface area contributed by atoms with Gasteiger partial charge in [0.2, 0.25) is 5.95 Å². The number of anilines is 2. The van der Waals surface area contributed by atoms with Gasteiger partial charge in [-0.15, -0.1) is 0 Å². The Hall–Kier alpha value is -3.66. The number of hydrogen-bond acceptors (Lipinski definition) is 8. The molecule has 3 aromatic rings. The van der Waals surface area contributed by atoms with Crippen LogP contribution < -0.4 is 16.2 Å². The van der Waals surface area contributed by atoms with Gasteiger partial charge in [0.1, 0.15) is 11.5 Å². The van der Waals surface area contributed by atoms with E-state index in [4.69, 9.17) is 4.98 Å². The van der Waals surface area contributed by atoms with Crippen molar-refractivity contribution in [1.82, 2.24) is 29.7 Å². The highest BCUT2D eigenvalue weighted by Crippen LogP contribution is 2.36. The predicted octanol–water partition coefficient (Wildman–Crippen LogP) is 3.38. The minimum Gasteiger partial charge on any atom is -0.338 e. The lowest BCUT2D eigenvalue weighted by Gasteiger charge is -2.22. The van der Waals surface area contributed by atoms with Crippen LogP contribution in [-0.4, -0.2) is 62.3 Å². The lowest BCUT2D eigenvalue weighted by molar-refractivity contribution is 0.0775. The number of hydrogen-bond donors (Lipinski definition) is 2. The zero-order chi connectivity index (χ0) is 26.4. The van der Waals surface area contributed by atoms with Gasteiger partial charge in [0, 0.05) is 48.9 Å². The maximum atomic E-state index is 13.4. The van der Waals surface area contributed by atoms with Crippen molar-refractivity contribution < 1.29 is 9.59 Å².